The summed E-state index contributed by atoms with van der Waals surface area (Å²) in [6.07, 6.45) is 3.42. The number of primary amides is 1. The summed E-state index contributed by atoms with van der Waals surface area (Å²) in [5, 5.41) is 8.60. The number of aromatic nitrogens is 2. The Morgan fingerprint density at radius 1 is 1.20 bits per heavy atom. The lowest BCUT2D eigenvalue weighted by Crippen LogP contribution is -2.24. The van der Waals surface area contributed by atoms with Crippen molar-refractivity contribution in [2.45, 2.75) is 13.8 Å². The van der Waals surface area contributed by atoms with E-state index in [0.29, 0.717) is 0 Å². The molecule has 1 aromatic heterocycles. The number of nitrogens with two attached hydrogens (primary N) is 1. The van der Waals surface area contributed by atoms with Gasteiger partial charge in [0.1, 0.15) is 5.69 Å². The Morgan fingerprint density at radius 2 is 1.96 bits per heavy atom. The summed E-state index contributed by atoms with van der Waals surface area (Å²) in [6.45, 7) is 4.10. The van der Waals surface area contributed by atoms with E-state index in [0.717, 1.165) is 28.1 Å². The molecule has 0 aliphatic carbocycles. The molecule has 3 N–H and O–H groups in total. The van der Waals surface area contributed by atoms with Gasteiger partial charge in [0, 0.05) is 17.3 Å². The lowest BCUT2D eigenvalue weighted by molar-refractivity contribution is 0.249. The van der Waals surface area contributed by atoms with Crippen LogP contribution in [0.15, 0.2) is 59.8 Å². The molecule has 126 valence electrons. The third-order valence-corrected chi connectivity index (χ3v) is 3.78. The Balaban J connectivity index is 2.09. The number of hydrogen-bond acceptors (Lipinski definition) is 3. The van der Waals surface area contributed by atoms with Crippen molar-refractivity contribution in [3.05, 3.63) is 71.4 Å². The van der Waals surface area contributed by atoms with Gasteiger partial charge in [-0.25, -0.2) is 14.9 Å². The lowest BCUT2D eigenvalue weighted by Gasteiger charge is -2.05. The Kier molecular flexibility index (Phi) is 4.61. The number of amides is 2. The van der Waals surface area contributed by atoms with Crippen molar-refractivity contribution < 1.29 is 4.79 Å². The molecule has 0 unspecified atom stereocenters. The van der Waals surface area contributed by atoms with Crippen LogP contribution in [-0.4, -0.2) is 22.0 Å². The highest BCUT2D eigenvalue weighted by atomic mass is 16.2. The van der Waals surface area contributed by atoms with Crippen LogP contribution in [0.25, 0.3) is 16.9 Å². The summed E-state index contributed by atoms with van der Waals surface area (Å²) < 4.78 is 1.79. The van der Waals surface area contributed by atoms with Crippen molar-refractivity contribution >= 4 is 12.2 Å². The fraction of sp³-hybridized carbons (Fsp3) is 0.105. The fourth-order valence-corrected chi connectivity index (χ4v) is 2.65. The van der Waals surface area contributed by atoms with Gasteiger partial charge in [0.25, 0.3) is 0 Å². The molecule has 0 saturated heterocycles. The molecule has 25 heavy (non-hydrogen) atoms. The minimum atomic E-state index is -0.709. The third kappa shape index (κ3) is 3.74. The van der Waals surface area contributed by atoms with Crippen molar-refractivity contribution in [3.8, 4) is 16.9 Å². The standard InChI is InChI=1S/C19H19N5O/c1-13-8-9-17(14(2)10-13)18-15(11-21-22-19(20)25)12-24(23-18)16-6-4-3-5-7-16/h3-12H,1-2H3,(H3,20,22,25)/b21-11-. The lowest BCUT2D eigenvalue weighted by atomic mass is 10.0. The van der Waals surface area contributed by atoms with Crippen LogP contribution < -0.4 is 11.2 Å². The van der Waals surface area contributed by atoms with Crippen LogP contribution in [0.1, 0.15) is 16.7 Å². The van der Waals surface area contributed by atoms with E-state index in [9.17, 15) is 4.79 Å². The largest absolute Gasteiger partial charge is 0.350 e. The van der Waals surface area contributed by atoms with Crippen LogP contribution in [0, 0.1) is 13.8 Å². The number of carbonyl (C=O) groups excluding carboxylic acids is 1. The third-order valence-electron chi connectivity index (χ3n) is 3.78. The van der Waals surface area contributed by atoms with Crippen molar-refractivity contribution in [2.75, 3.05) is 0 Å². The van der Waals surface area contributed by atoms with Gasteiger partial charge in [0.2, 0.25) is 0 Å². The first kappa shape index (κ1) is 16.4. The summed E-state index contributed by atoms with van der Waals surface area (Å²) in [5.41, 5.74) is 13.1. The van der Waals surface area contributed by atoms with Crippen molar-refractivity contribution in [2.24, 2.45) is 10.8 Å². The summed E-state index contributed by atoms with van der Waals surface area (Å²) in [4.78, 5) is 10.8. The number of rotatable bonds is 4. The second kappa shape index (κ2) is 7.00. The Bertz CT molecular complexity index is 928. The number of para-hydroxylation sites is 1. The van der Waals surface area contributed by atoms with Crippen LogP contribution in [0.4, 0.5) is 4.79 Å². The van der Waals surface area contributed by atoms with Gasteiger partial charge in [0.05, 0.1) is 11.9 Å². The quantitative estimate of drug-likeness (QED) is 0.568. The molecule has 1 heterocycles. The Labute approximate surface area is 146 Å². The summed E-state index contributed by atoms with van der Waals surface area (Å²) in [6, 6.07) is 15.3. The molecule has 0 atom stereocenters. The average molecular weight is 333 g/mol. The van der Waals surface area contributed by atoms with Crippen LogP contribution in [0.2, 0.25) is 0 Å². The summed E-state index contributed by atoms with van der Waals surface area (Å²) >= 11 is 0. The zero-order chi connectivity index (χ0) is 17.8. The van der Waals surface area contributed by atoms with E-state index in [1.807, 2.05) is 55.6 Å². The molecule has 3 aromatic rings. The maximum Gasteiger partial charge on any atom is 0.332 e. The van der Waals surface area contributed by atoms with Crippen molar-refractivity contribution in [1.82, 2.24) is 15.2 Å². The highest BCUT2D eigenvalue weighted by Gasteiger charge is 2.13. The van der Waals surface area contributed by atoms with Gasteiger partial charge in [-0.15, -0.1) is 0 Å². The van der Waals surface area contributed by atoms with Gasteiger partial charge in [-0.3, -0.25) is 0 Å². The number of nitrogens with one attached hydrogen (secondary N) is 1. The number of nitrogens with zero attached hydrogens (tertiary/aromatic N) is 3. The number of benzene rings is 2. The van der Waals surface area contributed by atoms with Crippen LogP contribution in [0.3, 0.4) is 0 Å². The van der Waals surface area contributed by atoms with Crippen molar-refractivity contribution in [1.29, 1.82) is 0 Å². The molecule has 0 radical (unpaired) electrons. The minimum Gasteiger partial charge on any atom is -0.350 e. The first-order valence-corrected chi connectivity index (χ1v) is 7.86. The zero-order valence-electron chi connectivity index (χ0n) is 14.1. The first-order chi connectivity index (χ1) is 12.0. The molecule has 2 amide bonds. The number of hydrazone groups is 1. The zero-order valence-corrected chi connectivity index (χ0v) is 14.1. The molecule has 6 heteroatoms. The minimum absolute atomic E-state index is 0.709. The van der Waals surface area contributed by atoms with Gasteiger partial charge in [-0.05, 0) is 31.5 Å². The smallest absolute Gasteiger partial charge is 0.332 e. The van der Waals surface area contributed by atoms with Crippen LogP contribution in [-0.2, 0) is 0 Å². The van der Waals surface area contributed by atoms with Crippen LogP contribution >= 0.6 is 0 Å². The first-order valence-electron chi connectivity index (χ1n) is 7.86. The van der Waals surface area contributed by atoms with E-state index in [1.165, 1.54) is 5.56 Å². The van der Waals surface area contributed by atoms with Crippen molar-refractivity contribution in [3.63, 3.8) is 0 Å². The molecule has 6 nitrogen and oxygen atoms in total. The molecule has 3 rings (SSSR count). The SMILES string of the molecule is Cc1ccc(-c2nn(-c3ccccc3)cc2/C=N\NC(N)=O)c(C)c1. The van der Waals surface area contributed by atoms with E-state index in [2.05, 4.69) is 23.5 Å². The van der Waals surface area contributed by atoms with E-state index in [4.69, 9.17) is 10.8 Å². The topological polar surface area (TPSA) is 85.3 Å². The maximum atomic E-state index is 10.8. The number of carbonyl (C=O) groups is 1. The molecule has 0 fully saturated rings. The number of aryl methyl sites for hydroxylation is 2. The summed E-state index contributed by atoms with van der Waals surface area (Å²) in [7, 11) is 0. The number of urea groups is 1. The Morgan fingerprint density at radius 3 is 2.64 bits per heavy atom. The molecule has 0 aliphatic heterocycles. The van der Waals surface area contributed by atoms with Crippen LogP contribution in [0.5, 0.6) is 0 Å². The second-order valence-electron chi connectivity index (χ2n) is 5.77. The molecule has 0 bridgehead atoms. The Hall–Kier alpha value is -3.41. The highest BCUT2D eigenvalue weighted by molar-refractivity contribution is 5.90. The predicted molar refractivity (Wildman–Crippen MR) is 98.8 cm³/mol. The van der Waals surface area contributed by atoms with E-state index in [-0.39, 0.29) is 0 Å². The molecule has 2 aromatic carbocycles. The predicted octanol–water partition coefficient (Wildman–Crippen LogP) is 3.16. The highest BCUT2D eigenvalue weighted by Crippen LogP contribution is 2.26. The van der Waals surface area contributed by atoms with E-state index < -0.39 is 6.03 Å². The van der Waals surface area contributed by atoms with Gasteiger partial charge in [-0.2, -0.15) is 10.2 Å². The van der Waals surface area contributed by atoms with E-state index >= 15 is 0 Å². The van der Waals surface area contributed by atoms with Gasteiger partial charge >= 0.3 is 6.03 Å². The summed E-state index contributed by atoms with van der Waals surface area (Å²) in [5.74, 6) is 0. The molecule has 0 saturated carbocycles. The molecular formula is C19H19N5O. The molecular weight excluding hydrogens is 314 g/mol. The average Bonchev–Trinajstić information content (AvgIpc) is 2.99. The monoisotopic (exact) mass is 333 g/mol. The molecule has 0 aliphatic rings. The second-order valence-corrected chi connectivity index (χ2v) is 5.77. The maximum absolute atomic E-state index is 10.8. The normalized spacial score (nSPS) is 11.0. The number of hydrogen-bond donors (Lipinski definition) is 2. The molecule has 0 spiro atoms. The fourth-order valence-electron chi connectivity index (χ4n) is 2.65. The van der Waals surface area contributed by atoms with Gasteiger partial charge in [-0.1, -0.05) is 42.0 Å². The van der Waals surface area contributed by atoms with Gasteiger partial charge < -0.3 is 5.73 Å². The van der Waals surface area contributed by atoms with Gasteiger partial charge in [0.15, 0.2) is 0 Å². The van der Waals surface area contributed by atoms with E-state index in [1.54, 1.807) is 10.9 Å².